The van der Waals surface area contributed by atoms with Crippen LogP contribution >= 0.6 is 45.2 Å². The second kappa shape index (κ2) is 6.97. The van der Waals surface area contributed by atoms with Gasteiger partial charge in [-0.1, -0.05) is 0 Å². The minimum Gasteiger partial charge on any atom is -0.267 e. The maximum absolute atomic E-state index is 12.0. The van der Waals surface area contributed by atoms with Crippen LogP contribution in [0.1, 0.15) is 20.7 Å². The van der Waals surface area contributed by atoms with Gasteiger partial charge in [-0.25, -0.2) is 0 Å². The molecule has 20 heavy (non-hydrogen) atoms. The third-order valence-corrected chi connectivity index (χ3v) is 4.02. The van der Waals surface area contributed by atoms with Gasteiger partial charge in [0.05, 0.1) is 5.56 Å². The molecule has 1 heterocycles. The Balaban J connectivity index is 2.02. The quantitative estimate of drug-likeness (QED) is 0.499. The Labute approximate surface area is 142 Å². The van der Waals surface area contributed by atoms with E-state index in [-0.39, 0.29) is 11.8 Å². The molecule has 0 fully saturated rings. The van der Waals surface area contributed by atoms with Gasteiger partial charge in [0.2, 0.25) is 0 Å². The molecule has 0 atom stereocenters. The van der Waals surface area contributed by atoms with Gasteiger partial charge in [0, 0.05) is 25.1 Å². The van der Waals surface area contributed by atoms with Crippen LogP contribution in [-0.4, -0.2) is 16.8 Å². The maximum atomic E-state index is 12.0. The van der Waals surface area contributed by atoms with Crippen molar-refractivity contribution < 1.29 is 9.59 Å². The van der Waals surface area contributed by atoms with Crippen LogP contribution in [0.4, 0.5) is 0 Å². The van der Waals surface area contributed by atoms with Gasteiger partial charge in [-0.15, -0.1) is 0 Å². The fourth-order valence-corrected chi connectivity index (χ4v) is 2.50. The largest absolute Gasteiger partial charge is 0.270 e. The van der Waals surface area contributed by atoms with Crippen LogP contribution in [0.25, 0.3) is 0 Å². The Bertz CT molecular complexity index is 647. The van der Waals surface area contributed by atoms with Crippen LogP contribution in [0.15, 0.2) is 42.7 Å². The van der Waals surface area contributed by atoms with Gasteiger partial charge < -0.3 is 0 Å². The minimum absolute atomic E-state index is 0.352. The van der Waals surface area contributed by atoms with Crippen LogP contribution in [-0.2, 0) is 0 Å². The lowest BCUT2D eigenvalue weighted by atomic mass is 10.2. The summed E-state index contributed by atoms with van der Waals surface area (Å²) in [5.41, 5.74) is 5.72. The fourth-order valence-electron chi connectivity index (χ4n) is 1.43. The van der Waals surface area contributed by atoms with Crippen molar-refractivity contribution in [3.8, 4) is 0 Å². The van der Waals surface area contributed by atoms with Crippen molar-refractivity contribution in [1.29, 1.82) is 0 Å². The van der Waals surface area contributed by atoms with Crippen LogP contribution in [0.3, 0.4) is 0 Å². The molecule has 0 aliphatic rings. The second-order valence-electron chi connectivity index (χ2n) is 3.77. The lowest BCUT2D eigenvalue weighted by molar-refractivity contribution is 0.0846. The zero-order valence-electron chi connectivity index (χ0n) is 10.1. The summed E-state index contributed by atoms with van der Waals surface area (Å²) in [5, 5.41) is 0. The van der Waals surface area contributed by atoms with E-state index in [0.29, 0.717) is 11.1 Å². The number of halogens is 2. The molecule has 102 valence electrons. The molecule has 7 heteroatoms. The van der Waals surface area contributed by atoms with Crippen molar-refractivity contribution in [2.45, 2.75) is 0 Å². The third kappa shape index (κ3) is 3.88. The van der Waals surface area contributed by atoms with E-state index in [1.165, 1.54) is 12.4 Å². The number of nitrogens with one attached hydrogen (secondary N) is 2. The number of hydrogen-bond acceptors (Lipinski definition) is 3. The summed E-state index contributed by atoms with van der Waals surface area (Å²) in [6.45, 7) is 0. The van der Waals surface area contributed by atoms with Gasteiger partial charge in [0.15, 0.2) is 0 Å². The highest BCUT2D eigenvalue weighted by Crippen LogP contribution is 2.15. The molecule has 1 aromatic heterocycles. The van der Waals surface area contributed by atoms with E-state index in [2.05, 4.69) is 61.0 Å². The van der Waals surface area contributed by atoms with Crippen molar-refractivity contribution in [2.24, 2.45) is 0 Å². The summed E-state index contributed by atoms with van der Waals surface area (Å²) < 4.78 is 1.77. The lowest BCUT2D eigenvalue weighted by Gasteiger charge is -2.08. The number of nitrogens with zero attached hydrogens (tertiary/aromatic N) is 1. The molecule has 0 aliphatic heterocycles. The van der Waals surface area contributed by atoms with Gasteiger partial charge in [0.25, 0.3) is 11.8 Å². The van der Waals surface area contributed by atoms with E-state index in [9.17, 15) is 9.59 Å². The zero-order valence-corrected chi connectivity index (χ0v) is 14.4. The van der Waals surface area contributed by atoms with E-state index in [0.717, 1.165) is 7.14 Å². The summed E-state index contributed by atoms with van der Waals surface area (Å²) in [6.07, 6.45) is 3.03. The van der Waals surface area contributed by atoms with Crippen molar-refractivity contribution in [1.82, 2.24) is 15.8 Å². The summed E-state index contributed by atoms with van der Waals surface area (Å²) in [7, 11) is 0. The molecule has 0 saturated heterocycles. The Morgan fingerprint density at radius 2 is 1.60 bits per heavy atom. The summed E-state index contributed by atoms with van der Waals surface area (Å²) in [6, 6.07) is 8.65. The molecular weight excluding hydrogens is 484 g/mol. The molecule has 5 nitrogen and oxygen atoms in total. The highest BCUT2D eigenvalue weighted by molar-refractivity contribution is 14.1. The molecule has 0 radical (unpaired) electrons. The van der Waals surface area contributed by atoms with Crippen LogP contribution < -0.4 is 10.9 Å². The standard InChI is InChI=1S/C13H9I2N3O2/c14-9-1-2-11(15)10(7-9)13(20)18-17-12(19)8-3-5-16-6-4-8/h1-7H,(H,17,19)(H,18,20). The van der Waals surface area contributed by atoms with Crippen molar-refractivity contribution in [3.63, 3.8) is 0 Å². The molecule has 2 rings (SSSR count). The van der Waals surface area contributed by atoms with Gasteiger partial charge in [0.1, 0.15) is 0 Å². The lowest BCUT2D eigenvalue weighted by Crippen LogP contribution is -2.41. The molecule has 2 amide bonds. The molecule has 0 saturated carbocycles. The number of hydrazine groups is 1. The van der Waals surface area contributed by atoms with E-state index < -0.39 is 0 Å². The number of amides is 2. The first kappa shape index (κ1) is 15.2. The Morgan fingerprint density at radius 1 is 0.950 bits per heavy atom. The van der Waals surface area contributed by atoms with Gasteiger partial charge in [-0.05, 0) is 75.5 Å². The molecule has 2 N–H and O–H groups in total. The average Bonchev–Trinajstić information content (AvgIpc) is 2.47. The van der Waals surface area contributed by atoms with E-state index >= 15 is 0 Å². The fraction of sp³-hybridized carbons (Fsp3) is 0. The smallest absolute Gasteiger partial charge is 0.267 e. The van der Waals surface area contributed by atoms with Crippen molar-refractivity contribution in [2.75, 3.05) is 0 Å². The third-order valence-electron chi connectivity index (χ3n) is 2.41. The van der Waals surface area contributed by atoms with Gasteiger partial charge in [-0.3, -0.25) is 25.4 Å². The summed E-state index contributed by atoms with van der Waals surface area (Å²) >= 11 is 4.20. The second-order valence-corrected chi connectivity index (χ2v) is 6.18. The normalized spacial score (nSPS) is 9.90. The first-order valence-corrected chi connectivity index (χ1v) is 7.69. The number of rotatable bonds is 2. The van der Waals surface area contributed by atoms with E-state index in [1.54, 1.807) is 18.2 Å². The zero-order chi connectivity index (χ0) is 14.5. The van der Waals surface area contributed by atoms with Crippen LogP contribution in [0, 0.1) is 7.14 Å². The molecule has 1 aromatic carbocycles. The maximum Gasteiger partial charge on any atom is 0.270 e. The highest BCUT2D eigenvalue weighted by Gasteiger charge is 2.12. The van der Waals surface area contributed by atoms with E-state index in [4.69, 9.17) is 0 Å². The Hall–Kier alpha value is -1.23. The summed E-state index contributed by atoms with van der Waals surface area (Å²) in [4.78, 5) is 27.6. The molecule has 0 aliphatic carbocycles. The summed E-state index contributed by atoms with van der Waals surface area (Å²) in [5.74, 6) is -0.739. The van der Waals surface area contributed by atoms with Gasteiger partial charge >= 0.3 is 0 Å². The number of benzene rings is 1. The molecular formula is C13H9I2N3O2. The first-order valence-electron chi connectivity index (χ1n) is 5.53. The average molecular weight is 493 g/mol. The first-order chi connectivity index (χ1) is 9.58. The number of hydrogen-bond donors (Lipinski definition) is 2. The highest BCUT2D eigenvalue weighted by atomic mass is 127. The topological polar surface area (TPSA) is 71.1 Å². The van der Waals surface area contributed by atoms with E-state index in [1.807, 2.05) is 12.1 Å². The van der Waals surface area contributed by atoms with Crippen molar-refractivity contribution >= 4 is 57.0 Å². The number of pyridine rings is 1. The SMILES string of the molecule is O=C(NNC(=O)c1cc(I)ccc1I)c1ccncc1. The molecule has 0 bridgehead atoms. The predicted molar refractivity (Wildman–Crippen MR) is 91.0 cm³/mol. The predicted octanol–water partition coefficient (Wildman–Crippen LogP) is 2.37. The number of carbonyl (C=O) groups excluding carboxylic acids is 2. The van der Waals surface area contributed by atoms with Crippen LogP contribution in [0.5, 0.6) is 0 Å². The number of carbonyl (C=O) groups is 2. The Morgan fingerprint density at radius 3 is 2.30 bits per heavy atom. The number of aromatic nitrogens is 1. The molecule has 0 spiro atoms. The van der Waals surface area contributed by atoms with Crippen LogP contribution in [0.2, 0.25) is 0 Å². The monoisotopic (exact) mass is 493 g/mol. The molecule has 2 aromatic rings. The molecule has 0 unspecified atom stereocenters. The Kier molecular flexibility index (Phi) is 5.29. The minimum atomic E-state index is -0.388. The van der Waals surface area contributed by atoms with Crippen molar-refractivity contribution in [3.05, 3.63) is 61.0 Å². The van der Waals surface area contributed by atoms with Gasteiger partial charge in [-0.2, -0.15) is 0 Å².